The molecule has 2 amide bonds. The fourth-order valence-corrected chi connectivity index (χ4v) is 7.05. The third-order valence-electron chi connectivity index (χ3n) is 6.99. The first-order valence-corrected chi connectivity index (χ1v) is 15.9. The van der Waals surface area contributed by atoms with Crippen LogP contribution >= 0.6 is 23.1 Å². The second kappa shape index (κ2) is 10.8. The molecule has 6 rings (SSSR count). The number of β-lactam (4-membered cyclic amide) rings is 1. The summed E-state index contributed by atoms with van der Waals surface area (Å²) in [5.74, 6) is -2.96. The lowest BCUT2D eigenvalue weighted by Gasteiger charge is -2.46. The van der Waals surface area contributed by atoms with Gasteiger partial charge in [0.1, 0.15) is 18.3 Å². The first kappa shape index (κ1) is 28.9. The predicted octanol–water partition coefficient (Wildman–Crippen LogP) is -2.69. The van der Waals surface area contributed by atoms with Crippen LogP contribution in [0.1, 0.15) is 24.2 Å². The summed E-state index contributed by atoms with van der Waals surface area (Å²) >= 11 is 2.62. The third-order valence-corrected chi connectivity index (χ3v) is 9.83. The number of aromatic nitrogens is 7. The predicted molar refractivity (Wildman–Crippen MR) is 144 cm³/mol. The summed E-state index contributed by atoms with van der Waals surface area (Å²) < 4.78 is 39.7. The van der Waals surface area contributed by atoms with E-state index >= 15 is 0 Å². The van der Waals surface area contributed by atoms with Crippen LogP contribution in [0.3, 0.4) is 0 Å². The normalized spacial score (nSPS) is 22.6. The number of carbonyl (C=O) groups is 3. The van der Waals surface area contributed by atoms with Crippen molar-refractivity contribution in [3.63, 3.8) is 0 Å². The standard InChI is InChI=1S/C21H23N11O8S3/c22-20-25-13(8-42-20)15(28-40-21(1-2-21)19(35)36)17(33)26-16-14(32(18(16)34)43(37,38)39)6-31-24-3-11(27-31)7-41-12-4-29-9-23-10-30(29)5-12/h3,8-10,12,14,16H,1-2,4-7H2,(H4-,22,25,26,33,35,36,37,38,39)/b28-15-/t14?,16-/m0/s1. The van der Waals surface area contributed by atoms with Crippen LogP contribution in [-0.4, -0.2) is 98.5 Å². The lowest BCUT2D eigenvalue weighted by molar-refractivity contribution is -0.758. The Balaban J connectivity index is 1.15. The molecule has 0 spiro atoms. The van der Waals surface area contributed by atoms with Crippen LogP contribution in [0.15, 0.2) is 29.4 Å². The molecule has 1 saturated carbocycles. The topological polar surface area (TPSA) is 257 Å². The number of thioether (sulfide) groups is 1. The molecule has 228 valence electrons. The Morgan fingerprint density at radius 1 is 1.40 bits per heavy atom. The molecule has 1 unspecified atom stereocenters. The zero-order valence-electron chi connectivity index (χ0n) is 21.9. The fourth-order valence-electron chi connectivity index (χ4n) is 4.59. The molecule has 2 fully saturated rings. The number of fused-ring (bicyclic) bond motifs is 1. The van der Waals surface area contributed by atoms with Gasteiger partial charge in [-0.3, -0.25) is 9.59 Å². The molecule has 4 N–H and O–H groups in total. The lowest BCUT2D eigenvalue weighted by atomic mass is 9.98. The Morgan fingerprint density at radius 3 is 2.84 bits per heavy atom. The summed E-state index contributed by atoms with van der Waals surface area (Å²) in [6.07, 6.45) is 5.32. The summed E-state index contributed by atoms with van der Waals surface area (Å²) in [5, 5.41) is 25.7. The van der Waals surface area contributed by atoms with E-state index in [-0.39, 0.29) is 39.8 Å². The van der Waals surface area contributed by atoms with E-state index in [1.54, 1.807) is 24.4 Å². The van der Waals surface area contributed by atoms with Crippen molar-refractivity contribution in [3.8, 4) is 0 Å². The maximum absolute atomic E-state index is 13.2. The van der Waals surface area contributed by atoms with Crippen LogP contribution in [0.5, 0.6) is 0 Å². The molecular formula is C21H23N11O8S3. The molecule has 43 heavy (non-hydrogen) atoms. The Labute approximate surface area is 250 Å². The summed E-state index contributed by atoms with van der Waals surface area (Å²) in [6.45, 7) is 1.23. The Hall–Kier alpha value is -4.15. The van der Waals surface area contributed by atoms with Crippen LogP contribution in [0.4, 0.5) is 5.13 Å². The molecule has 0 aromatic carbocycles. The first-order chi connectivity index (χ1) is 20.4. The number of nitrogens with one attached hydrogen (secondary N) is 1. The maximum atomic E-state index is 13.2. The molecule has 5 heterocycles. The van der Waals surface area contributed by atoms with Crippen LogP contribution in [0.25, 0.3) is 0 Å². The van der Waals surface area contributed by atoms with Crippen molar-refractivity contribution in [3.05, 3.63) is 35.6 Å². The van der Waals surface area contributed by atoms with Crippen molar-refractivity contribution < 1.29 is 42.0 Å². The van der Waals surface area contributed by atoms with Crippen LogP contribution in [0.2, 0.25) is 0 Å². The van der Waals surface area contributed by atoms with Crippen molar-refractivity contribution in [2.75, 3.05) is 5.73 Å². The highest BCUT2D eigenvalue weighted by Crippen LogP contribution is 2.40. The Morgan fingerprint density at radius 2 is 2.19 bits per heavy atom. The molecule has 0 radical (unpaired) electrons. The number of nitrogen functional groups attached to an aromatic ring is 1. The van der Waals surface area contributed by atoms with E-state index in [2.05, 4.69) is 30.6 Å². The monoisotopic (exact) mass is 653 g/mol. The quantitative estimate of drug-likeness (QED) is 0.0591. The number of hydrogen-bond acceptors (Lipinski definition) is 15. The number of oxime groups is 1. The number of amides is 2. The minimum atomic E-state index is -5.24. The first-order valence-electron chi connectivity index (χ1n) is 12.6. The van der Waals surface area contributed by atoms with Gasteiger partial charge in [0, 0.05) is 24.0 Å². The van der Waals surface area contributed by atoms with Crippen molar-refractivity contribution in [2.24, 2.45) is 5.16 Å². The number of carboxylic acids is 1. The van der Waals surface area contributed by atoms with E-state index in [9.17, 15) is 32.5 Å². The molecule has 1 aliphatic carbocycles. The SMILES string of the molecule is Nc1nc(/C(=N/OC2(C(=O)O)CC2)C(=O)N[C@@H]2C(=O)N(S(=O)(=O)[O-])C2Cn2ncc(CSC3Cn4cnc[n+]4C3)n2)cs1. The molecule has 3 aromatic heterocycles. The van der Waals surface area contributed by atoms with Gasteiger partial charge in [0.25, 0.3) is 11.8 Å². The number of thiazole rings is 1. The highest BCUT2D eigenvalue weighted by molar-refractivity contribution is 7.99. The lowest BCUT2D eigenvalue weighted by Crippen LogP contribution is -2.73. The van der Waals surface area contributed by atoms with Crippen LogP contribution < -0.4 is 15.7 Å². The van der Waals surface area contributed by atoms with Crippen LogP contribution in [-0.2, 0) is 54.9 Å². The van der Waals surface area contributed by atoms with Gasteiger partial charge in [-0.1, -0.05) is 5.16 Å². The summed E-state index contributed by atoms with van der Waals surface area (Å²) in [6, 6.07) is -2.83. The molecule has 2 atom stereocenters. The molecule has 3 aliphatic rings. The van der Waals surface area contributed by atoms with E-state index in [0.29, 0.717) is 11.4 Å². The number of carboxylic acid groups (broad SMARTS) is 1. The average Bonchev–Trinajstić information content (AvgIpc) is 3.31. The fraction of sp³-hybridized carbons (Fsp3) is 0.476. The van der Waals surface area contributed by atoms with Gasteiger partial charge in [-0.2, -0.15) is 24.4 Å². The van der Waals surface area contributed by atoms with E-state index in [4.69, 9.17) is 10.6 Å². The molecule has 2 aliphatic heterocycles. The van der Waals surface area contributed by atoms with Crippen molar-refractivity contribution in [1.29, 1.82) is 0 Å². The van der Waals surface area contributed by atoms with Gasteiger partial charge >= 0.3 is 12.3 Å². The third kappa shape index (κ3) is 5.77. The number of hydrogen-bond donors (Lipinski definition) is 3. The zero-order valence-corrected chi connectivity index (χ0v) is 24.4. The van der Waals surface area contributed by atoms with Crippen molar-refractivity contribution in [1.82, 2.24) is 39.3 Å². The molecule has 3 aromatic rings. The molecule has 1 saturated heterocycles. The summed E-state index contributed by atoms with van der Waals surface area (Å²) in [5.41, 5.74) is 4.13. The van der Waals surface area contributed by atoms with Gasteiger partial charge in [0.15, 0.2) is 21.1 Å². The van der Waals surface area contributed by atoms with E-state index < -0.39 is 51.5 Å². The van der Waals surface area contributed by atoms with E-state index in [0.717, 1.165) is 29.2 Å². The van der Waals surface area contributed by atoms with Gasteiger partial charge in [0.05, 0.1) is 36.3 Å². The summed E-state index contributed by atoms with van der Waals surface area (Å²) in [7, 11) is -5.24. The largest absolute Gasteiger partial charge is 0.731 e. The highest BCUT2D eigenvalue weighted by Gasteiger charge is 2.55. The van der Waals surface area contributed by atoms with Crippen molar-refractivity contribution >= 4 is 62.0 Å². The maximum Gasteiger partial charge on any atom is 0.350 e. The van der Waals surface area contributed by atoms with Gasteiger partial charge in [-0.15, -0.1) is 23.1 Å². The second-order valence-electron chi connectivity index (χ2n) is 9.96. The minimum Gasteiger partial charge on any atom is -0.731 e. The van der Waals surface area contributed by atoms with Gasteiger partial charge in [-0.05, 0) is 4.98 Å². The smallest absolute Gasteiger partial charge is 0.350 e. The second-order valence-corrected chi connectivity index (χ2v) is 13.4. The number of nitrogens with zero attached hydrogens (tertiary/aromatic N) is 9. The molecule has 22 heteroatoms. The van der Waals surface area contributed by atoms with Gasteiger partial charge < -0.3 is 25.5 Å². The number of nitrogens with two attached hydrogens (primary N) is 1. The number of rotatable bonds is 12. The van der Waals surface area contributed by atoms with E-state index in [1.165, 1.54) is 11.6 Å². The minimum absolute atomic E-state index is 0.0571. The summed E-state index contributed by atoms with van der Waals surface area (Å²) in [4.78, 5) is 51.8. The molecule has 19 nitrogen and oxygen atoms in total. The molecule has 0 bridgehead atoms. The van der Waals surface area contributed by atoms with Gasteiger partial charge in [-0.25, -0.2) is 22.5 Å². The molecular weight excluding hydrogens is 631 g/mol. The number of aliphatic carboxylic acids is 1. The van der Waals surface area contributed by atoms with Gasteiger partial charge in [0.2, 0.25) is 11.9 Å². The van der Waals surface area contributed by atoms with Crippen molar-refractivity contribution in [2.45, 2.75) is 61.2 Å². The Bertz CT molecular complexity index is 1710. The van der Waals surface area contributed by atoms with Crippen LogP contribution in [0, 0.1) is 0 Å². The Kier molecular flexibility index (Phi) is 7.30. The number of carbonyl (C=O) groups excluding carboxylic acids is 2. The van der Waals surface area contributed by atoms with E-state index in [1.807, 2.05) is 9.36 Å². The zero-order chi connectivity index (χ0) is 30.5. The highest BCUT2D eigenvalue weighted by atomic mass is 32.2. The average molecular weight is 654 g/mol. The number of anilines is 1.